The summed E-state index contributed by atoms with van der Waals surface area (Å²) in [5, 5.41) is 10.8. The van der Waals surface area contributed by atoms with Gasteiger partial charge in [-0.25, -0.2) is 4.68 Å². The Morgan fingerprint density at radius 2 is 2.14 bits per heavy atom. The number of carbonyl (C=O) groups is 2. The quantitative estimate of drug-likeness (QED) is 0.757. The zero-order valence-corrected chi connectivity index (χ0v) is 11.8. The molecule has 114 valence electrons. The summed E-state index contributed by atoms with van der Waals surface area (Å²) in [6, 6.07) is 9.05. The SMILES string of the molecule is NC(=O)C1CNC(=O)CN1Cc1cn(-c2ccccc2)nn1. The summed E-state index contributed by atoms with van der Waals surface area (Å²) >= 11 is 0. The first-order valence-electron chi connectivity index (χ1n) is 6.90. The number of para-hydroxylation sites is 1. The van der Waals surface area contributed by atoms with Gasteiger partial charge in [0.1, 0.15) is 6.04 Å². The average Bonchev–Trinajstić information content (AvgIpc) is 2.96. The molecule has 8 heteroatoms. The van der Waals surface area contributed by atoms with Crippen LogP contribution in [0.15, 0.2) is 36.5 Å². The van der Waals surface area contributed by atoms with Crippen molar-refractivity contribution in [2.45, 2.75) is 12.6 Å². The predicted molar refractivity (Wildman–Crippen MR) is 77.8 cm³/mol. The van der Waals surface area contributed by atoms with Crippen LogP contribution < -0.4 is 11.1 Å². The van der Waals surface area contributed by atoms with E-state index in [-0.39, 0.29) is 19.0 Å². The van der Waals surface area contributed by atoms with Crippen LogP contribution in [0.25, 0.3) is 5.69 Å². The molecule has 1 aromatic carbocycles. The number of carbonyl (C=O) groups excluding carboxylic acids is 2. The Kier molecular flexibility index (Phi) is 3.84. The Labute approximate surface area is 126 Å². The Morgan fingerprint density at radius 1 is 1.36 bits per heavy atom. The summed E-state index contributed by atoms with van der Waals surface area (Å²) in [5.74, 6) is -0.594. The van der Waals surface area contributed by atoms with E-state index in [0.717, 1.165) is 5.69 Å². The van der Waals surface area contributed by atoms with Crippen LogP contribution >= 0.6 is 0 Å². The van der Waals surface area contributed by atoms with Crippen molar-refractivity contribution in [1.82, 2.24) is 25.2 Å². The highest BCUT2D eigenvalue weighted by Gasteiger charge is 2.30. The van der Waals surface area contributed by atoms with E-state index in [2.05, 4.69) is 15.6 Å². The molecule has 0 aliphatic carbocycles. The van der Waals surface area contributed by atoms with Gasteiger partial charge in [0, 0.05) is 13.1 Å². The number of hydrogen-bond acceptors (Lipinski definition) is 5. The second-order valence-corrected chi connectivity index (χ2v) is 5.12. The van der Waals surface area contributed by atoms with Gasteiger partial charge in [-0.15, -0.1) is 5.10 Å². The molecule has 0 saturated carbocycles. The number of piperazine rings is 1. The van der Waals surface area contributed by atoms with Gasteiger partial charge in [0.2, 0.25) is 11.8 Å². The van der Waals surface area contributed by atoms with Crippen molar-refractivity contribution in [3.8, 4) is 5.69 Å². The minimum Gasteiger partial charge on any atom is -0.368 e. The van der Waals surface area contributed by atoms with E-state index in [9.17, 15) is 9.59 Å². The van der Waals surface area contributed by atoms with E-state index in [0.29, 0.717) is 12.2 Å². The van der Waals surface area contributed by atoms with Gasteiger partial charge >= 0.3 is 0 Å². The molecule has 2 heterocycles. The van der Waals surface area contributed by atoms with Gasteiger partial charge in [0.25, 0.3) is 0 Å². The molecule has 3 N–H and O–H groups in total. The molecule has 22 heavy (non-hydrogen) atoms. The fraction of sp³-hybridized carbons (Fsp3) is 0.286. The third-order valence-corrected chi connectivity index (χ3v) is 3.54. The van der Waals surface area contributed by atoms with E-state index >= 15 is 0 Å². The first-order valence-corrected chi connectivity index (χ1v) is 6.90. The van der Waals surface area contributed by atoms with Crippen LogP contribution in [0, 0.1) is 0 Å². The van der Waals surface area contributed by atoms with Crippen molar-refractivity contribution in [3.05, 3.63) is 42.2 Å². The van der Waals surface area contributed by atoms with Gasteiger partial charge in [-0.2, -0.15) is 0 Å². The second-order valence-electron chi connectivity index (χ2n) is 5.12. The molecule has 0 bridgehead atoms. The number of aromatic nitrogens is 3. The number of benzene rings is 1. The molecule has 1 saturated heterocycles. The lowest BCUT2D eigenvalue weighted by Gasteiger charge is -2.32. The number of nitrogens with zero attached hydrogens (tertiary/aromatic N) is 4. The summed E-state index contributed by atoms with van der Waals surface area (Å²) in [7, 11) is 0. The minimum atomic E-state index is -0.528. The molecule has 1 aliphatic heterocycles. The third-order valence-electron chi connectivity index (χ3n) is 3.54. The molecule has 1 atom stereocenters. The Balaban J connectivity index is 1.76. The minimum absolute atomic E-state index is 0.117. The molecule has 2 aromatic rings. The van der Waals surface area contributed by atoms with Gasteiger partial charge in [-0.05, 0) is 12.1 Å². The van der Waals surface area contributed by atoms with Gasteiger partial charge in [0.05, 0.1) is 24.1 Å². The number of rotatable bonds is 4. The highest BCUT2D eigenvalue weighted by atomic mass is 16.2. The van der Waals surface area contributed by atoms with E-state index < -0.39 is 11.9 Å². The number of nitrogens with two attached hydrogens (primary N) is 1. The van der Waals surface area contributed by atoms with E-state index in [4.69, 9.17) is 5.73 Å². The highest BCUT2D eigenvalue weighted by Crippen LogP contribution is 2.11. The largest absolute Gasteiger partial charge is 0.368 e. The van der Waals surface area contributed by atoms with E-state index in [1.54, 1.807) is 15.8 Å². The van der Waals surface area contributed by atoms with Crippen molar-refractivity contribution >= 4 is 11.8 Å². The molecule has 1 aliphatic rings. The molecular weight excluding hydrogens is 284 g/mol. The molecule has 1 aromatic heterocycles. The summed E-state index contributed by atoms with van der Waals surface area (Å²) in [5.41, 5.74) is 6.94. The zero-order chi connectivity index (χ0) is 15.5. The molecule has 3 rings (SSSR count). The van der Waals surface area contributed by atoms with Crippen LogP contribution in [0.2, 0.25) is 0 Å². The van der Waals surface area contributed by atoms with Crippen LogP contribution in [0.1, 0.15) is 5.69 Å². The number of nitrogens with one attached hydrogen (secondary N) is 1. The fourth-order valence-electron chi connectivity index (χ4n) is 2.42. The van der Waals surface area contributed by atoms with Crippen LogP contribution in [0.5, 0.6) is 0 Å². The molecule has 0 radical (unpaired) electrons. The fourth-order valence-corrected chi connectivity index (χ4v) is 2.42. The topological polar surface area (TPSA) is 106 Å². The monoisotopic (exact) mass is 300 g/mol. The van der Waals surface area contributed by atoms with Crippen molar-refractivity contribution < 1.29 is 9.59 Å². The predicted octanol–water partition coefficient (Wildman–Crippen LogP) is -0.947. The summed E-state index contributed by atoms with van der Waals surface area (Å²) < 4.78 is 1.65. The average molecular weight is 300 g/mol. The number of hydrogen-bond donors (Lipinski definition) is 2. The zero-order valence-electron chi connectivity index (χ0n) is 11.8. The lowest BCUT2D eigenvalue weighted by atomic mass is 10.1. The van der Waals surface area contributed by atoms with Gasteiger partial charge in [-0.3, -0.25) is 14.5 Å². The Bertz CT molecular complexity index is 684. The normalized spacial score (nSPS) is 18.9. The van der Waals surface area contributed by atoms with Crippen LogP contribution in [-0.2, 0) is 16.1 Å². The smallest absolute Gasteiger partial charge is 0.236 e. The maximum Gasteiger partial charge on any atom is 0.236 e. The van der Waals surface area contributed by atoms with Gasteiger partial charge < -0.3 is 11.1 Å². The van der Waals surface area contributed by atoms with Gasteiger partial charge in [-0.1, -0.05) is 23.4 Å². The second kappa shape index (κ2) is 5.94. The van der Waals surface area contributed by atoms with Crippen molar-refractivity contribution in [1.29, 1.82) is 0 Å². The van der Waals surface area contributed by atoms with E-state index in [1.165, 1.54) is 0 Å². The highest BCUT2D eigenvalue weighted by molar-refractivity contribution is 5.85. The summed E-state index contributed by atoms with van der Waals surface area (Å²) in [6.45, 7) is 0.681. The molecule has 2 amide bonds. The third kappa shape index (κ3) is 2.96. The number of primary amides is 1. The van der Waals surface area contributed by atoms with Crippen molar-refractivity contribution in [3.63, 3.8) is 0 Å². The maximum atomic E-state index is 11.5. The standard InChI is InChI=1S/C14H16N6O2/c15-14(22)12-6-16-13(21)9-19(12)7-10-8-20(18-17-10)11-4-2-1-3-5-11/h1-5,8,12H,6-7,9H2,(H2,15,22)(H,16,21). The Hall–Kier alpha value is -2.74. The van der Waals surface area contributed by atoms with Crippen LogP contribution in [-0.4, -0.2) is 50.8 Å². The van der Waals surface area contributed by atoms with Crippen LogP contribution in [0.3, 0.4) is 0 Å². The first-order chi connectivity index (χ1) is 10.6. The molecule has 8 nitrogen and oxygen atoms in total. The lowest BCUT2D eigenvalue weighted by Crippen LogP contribution is -2.58. The summed E-state index contributed by atoms with van der Waals surface area (Å²) in [6.07, 6.45) is 1.78. The van der Waals surface area contributed by atoms with Crippen molar-refractivity contribution in [2.24, 2.45) is 5.73 Å². The number of amides is 2. The van der Waals surface area contributed by atoms with Crippen molar-refractivity contribution in [2.75, 3.05) is 13.1 Å². The summed E-state index contributed by atoms with van der Waals surface area (Å²) in [4.78, 5) is 24.7. The van der Waals surface area contributed by atoms with Gasteiger partial charge in [0.15, 0.2) is 0 Å². The molecule has 1 fully saturated rings. The van der Waals surface area contributed by atoms with Crippen LogP contribution in [0.4, 0.5) is 0 Å². The lowest BCUT2D eigenvalue weighted by molar-refractivity contribution is -0.131. The first kappa shape index (κ1) is 14.2. The van der Waals surface area contributed by atoms with E-state index in [1.807, 2.05) is 30.3 Å². The molecular formula is C14H16N6O2. The maximum absolute atomic E-state index is 11.5. The Morgan fingerprint density at radius 3 is 2.86 bits per heavy atom. The molecule has 1 unspecified atom stereocenters. The molecule has 0 spiro atoms.